The van der Waals surface area contributed by atoms with Crippen LogP contribution >= 0.6 is 0 Å². The number of carbonyl (C=O) groups excluding carboxylic acids is 1. The summed E-state index contributed by atoms with van der Waals surface area (Å²) >= 11 is 0. The molecule has 1 aromatic rings. The molecular weight excluding hydrogens is 264 g/mol. The standard InChI is InChI=1S/C17H26N2O2/c1-3-12-19(15-10-7-11-18-13-15)17(20)16(21-2)14-8-5-4-6-9-14/h4-6,8-9,15-16,18H,3,7,10-13H2,1-2H3. The van der Waals surface area contributed by atoms with Gasteiger partial charge in [0.25, 0.3) is 5.91 Å². The minimum Gasteiger partial charge on any atom is -0.367 e. The fourth-order valence-corrected chi connectivity index (χ4v) is 2.97. The number of piperidine rings is 1. The van der Waals surface area contributed by atoms with Crippen molar-refractivity contribution in [3.8, 4) is 0 Å². The lowest BCUT2D eigenvalue weighted by atomic mass is 10.0. The predicted octanol–water partition coefficient (Wildman–Crippen LogP) is 2.36. The highest BCUT2D eigenvalue weighted by Gasteiger charge is 2.30. The van der Waals surface area contributed by atoms with Crippen LogP contribution in [0.15, 0.2) is 30.3 Å². The molecular formula is C17H26N2O2. The molecule has 1 heterocycles. The van der Waals surface area contributed by atoms with Gasteiger partial charge in [-0.3, -0.25) is 4.79 Å². The molecule has 4 nitrogen and oxygen atoms in total. The topological polar surface area (TPSA) is 41.6 Å². The fourth-order valence-electron chi connectivity index (χ4n) is 2.97. The van der Waals surface area contributed by atoms with Crippen LogP contribution in [0, 0.1) is 0 Å². The second-order valence-electron chi connectivity index (χ2n) is 5.56. The van der Waals surface area contributed by atoms with Gasteiger partial charge >= 0.3 is 0 Å². The summed E-state index contributed by atoms with van der Waals surface area (Å²) in [5.41, 5.74) is 0.926. The van der Waals surface area contributed by atoms with Crippen molar-refractivity contribution >= 4 is 5.91 Å². The molecule has 1 amide bonds. The Bertz CT molecular complexity index is 430. The van der Waals surface area contributed by atoms with Gasteiger partial charge < -0.3 is 15.0 Å². The van der Waals surface area contributed by atoms with Gasteiger partial charge in [0.2, 0.25) is 0 Å². The lowest BCUT2D eigenvalue weighted by Crippen LogP contribution is -2.50. The minimum atomic E-state index is -0.500. The van der Waals surface area contributed by atoms with E-state index in [0.29, 0.717) is 0 Å². The molecule has 1 N–H and O–H groups in total. The Kier molecular flexibility index (Phi) is 6.21. The van der Waals surface area contributed by atoms with Crippen LogP contribution in [0.3, 0.4) is 0 Å². The van der Waals surface area contributed by atoms with Crippen LogP contribution in [0.1, 0.15) is 37.9 Å². The summed E-state index contributed by atoms with van der Waals surface area (Å²) in [7, 11) is 1.61. The number of benzene rings is 1. The number of amides is 1. The van der Waals surface area contributed by atoms with E-state index in [1.807, 2.05) is 35.2 Å². The maximum absolute atomic E-state index is 12.9. The molecule has 2 atom stereocenters. The first-order valence-corrected chi connectivity index (χ1v) is 7.86. The largest absolute Gasteiger partial charge is 0.367 e. The number of nitrogens with one attached hydrogen (secondary N) is 1. The van der Waals surface area contributed by atoms with Crippen LogP contribution in [0.2, 0.25) is 0 Å². The fraction of sp³-hybridized carbons (Fsp3) is 0.588. The first-order chi connectivity index (χ1) is 10.3. The monoisotopic (exact) mass is 290 g/mol. The van der Waals surface area contributed by atoms with E-state index in [4.69, 9.17) is 4.74 Å². The van der Waals surface area contributed by atoms with Crippen molar-refractivity contribution in [3.63, 3.8) is 0 Å². The number of hydrogen-bond acceptors (Lipinski definition) is 3. The Morgan fingerprint density at radius 3 is 2.76 bits per heavy atom. The predicted molar refractivity (Wildman–Crippen MR) is 84.1 cm³/mol. The lowest BCUT2D eigenvalue weighted by Gasteiger charge is -2.36. The van der Waals surface area contributed by atoms with Gasteiger partial charge in [-0.15, -0.1) is 0 Å². The molecule has 0 saturated carbocycles. The van der Waals surface area contributed by atoms with E-state index in [1.165, 1.54) is 0 Å². The number of ether oxygens (including phenoxy) is 1. The van der Waals surface area contributed by atoms with Gasteiger partial charge in [0, 0.05) is 26.2 Å². The first kappa shape index (κ1) is 16.0. The van der Waals surface area contributed by atoms with E-state index in [-0.39, 0.29) is 11.9 Å². The Morgan fingerprint density at radius 2 is 2.19 bits per heavy atom. The number of rotatable bonds is 6. The van der Waals surface area contributed by atoms with Crippen molar-refractivity contribution in [2.45, 2.75) is 38.3 Å². The SMILES string of the molecule is CCCN(C(=O)C(OC)c1ccccc1)C1CCCNC1. The molecule has 1 aliphatic rings. The van der Waals surface area contributed by atoms with E-state index in [0.717, 1.165) is 44.5 Å². The molecule has 0 spiro atoms. The van der Waals surface area contributed by atoms with E-state index < -0.39 is 6.10 Å². The third-order valence-electron chi connectivity index (χ3n) is 4.02. The first-order valence-electron chi connectivity index (χ1n) is 7.86. The van der Waals surface area contributed by atoms with E-state index >= 15 is 0 Å². The van der Waals surface area contributed by atoms with Gasteiger partial charge in [-0.1, -0.05) is 37.3 Å². The summed E-state index contributed by atoms with van der Waals surface area (Å²) in [6, 6.07) is 10.0. The molecule has 2 rings (SSSR count). The summed E-state index contributed by atoms with van der Waals surface area (Å²) in [6.07, 6.45) is 2.66. The molecule has 0 bridgehead atoms. The summed E-state index contributed by atoms with van der Waals surface area (Å²) in [6.45, 7) is 4.84. The van der Waals surface area contributed by atoms with Gasteiger partial charge in [0.05, 0.1) is 0 Å². The van der Waals surface area contributed by atoms with Crippen LogP contribution in [0.4, 0.5) is 0 Å². The summed E-state index contributed by atoms with van der Waals surface area (Å²) in [4.78, 5) is 14.9. The highest BCUT2D eigenvalue weighted by molar-refractivity contribution is 5.82. The third-order valence-corrected chi connectivity index (χ3v) is 4.02. The van der Waals surface area contributed by atoms with Crippen molar-refractivity contribution in [1.29, 1.82) is 0 Å². The number of carbonyl (C=O) groups is 1. The van der Waals surface area contributed by atoms with Crippen molar-refractivity contribution in [1.82, 2.24) is 10.2 Å². The minimum absolute atomic E-state index is 0.0826. The van der Waals surface area contributed by atoms with Crippen LogP contribution in [0.5, 0.6) is 0 Å². The zero-order chi connectivity index (χ0) is 15.1. The van der Waals surface area contributed by atoms with Crippen molar-refractivity contribution in [3.05, 3.63) is 35.9 Å². The van der Waals surface area contributed by atoms with Crippen LogP contribution < -0.4 is 5.32 Å². The van der Waals surface area contributed by atoms with Gasteiger partial charge in [0.15, 0.2) is 6.10 Å². The highest BCUT2D eigenvalue weighted by Crippen LogP contribution is 2.22. The van der Waals surface area contributed by atoms with E-state index in [9.17, 15) is 4.79 Å². The van der Waals surface area contributed by atoms with Gasteiger partial charge in [-0.25, -0.2) is 0 Å². The molecule has 116 valence electrons. The molecule has 21 heavy (non-hydrogen) atoms. The second-order valence-corrected chi connectivity index (χ2v) is 5.56. The van der Waals surface area contributed by atoms with Crippen molar-refractivity contribution in [2.75, 3.05) is 26.7 Å². The van der Waals surface area contributed by atoms with Crippen molar-refractivity contribution in [2.24, 2.45) is 0 Å². The van der Waals surface area contributed by atoms with Crippen LogP contribution in [0.25, 0.3) is 0 Å². The quantitative estimate of drug-likeness (QED) is 0.874. The second kappa shape index (κ2) is 8.15. The highest BCUT2D eigenvalue weighted by atomic mass is 16.5. The molecule has 1 saturated heterocycles. The average molecular weight is 290 g/mol. The van der Waals surface area contributed by atoms with Crippen LogP contribution in [-0.2, 0) is 9.53 Å². The summed E-state index contributed by atoms with van der Waals surface area (Å²) < 4.78 is 5.50. The molecule has 4 heteroatoms. The zero-order valence-electron chi connectivity index (χ0n) is 13.0. The lowest BCUT2D eigenvalue weighted by molar-refractivity contribution is -0.145. The molecule has 0 aromatic heterocycles. The van der Waals surface area contributed by atoms with E-state index in [1.54, 1.807) is 7.11 Å². The number of nitrogens with zero attached hydrogens (tertiary/aromatic N) is 1. The average Bonchev–Trinajstić information content (AvgIpc) is 2.55. The Morgan fingerprint density at radius 1 is 1.43 bits per heavy atom. The summed E-state index contributed by atoms with van der Waals surface area (Å²) in [5.74, 6) is 0.0826. The maximum atomic E-state index is 12.9. The van der Waals surface area contributed by atoms with Crippen molar-refractivity contribution < 1.29 is 9.53 Å². The summed E-state index contributed by atoms with van der Waals surface area (Å²) in [5, 5.41) is 3.39. The Labute approximate surface area is 127 Å². The normalized spacial score (nSPS) is 20.0. The molecule has 1 fully saturated rings. The van der Waals surface area contributed by atoms with Gasteiger partial charge in [-0.05, 0) is 31.4 Å². The zero-order valence-corrected chi connectivity index (χ0v) is 13.0. The Balaban J connectivity index is 2.15. The van der Waals surface area contributed by atoms with E-state index in [2.05, 4.69) is 12.2 Å². The number of hydrogen-bond donors (Lipinski definition) is 1. The molecule has 1 aromatic carbocycles. The van der Waals surface area contributed by atoms with Gasteiger partial charge in [0.1, 0.15) is 0 Å². The van der Waals surface area contributed by atoms with Crippen LogP contribution in [-0.4, -0.2) is 43.6 Å². The molecule has 1 aliphatic heterocycles. The smallest absolute Gasteiger partial charge is 0.256 e. The molecule has 2 unspecified atom stereocenters. The number of methoxy groups -OCH3 is 1. The molecule has 0 aliphatic carbocycles. The Hall–Kier alpha value is -1.39. The third kappa shape index (κ3) is 4.05. The van der Waals surface area contributed by atoms with Gasteiger partial charge in [-0.2, -0.15) is 0 Å². The molecule has 0 radical (unpaired) electrons. The maximum Gasteiger partial charge on any atom is 0.256 e.